The minimum Gasteiger partial charge on any atom is -0.367 e. The third kappa shape index (κ3) is 4.22. The molecule has 1 aromatic rings. The lowest BCUT2D eigenvalue weighted by Crippen LogP contribution is -2.23. The van der Waals surface area contributed by atoms with E-state index in [1.807, 2.05) is 6.92 Å². The Morgan fingerprint density at radius 1 is 1.41 bits per heavy atom. The first-order valence-electron chi connectivity index (χ1n) is 5.48. The van der Waals surface area contributed by atoms with Crippen molar-refractivity contribution in [1.82, 2.24) is 4.98 Å². The van der Waals surface area contributed by atoms with Crippen LogP contribution in [0.3, 0.4) is 0 Å². The summed E-state index contributed by atoms with van der Waals surface area (Å²) in [4.78, 5) is 3.54. The van der Waals surface area contributed by atoms with Gasteiger partial charge in [-0.3, -0.25) is 0 Å². The molecule has 1 unspecified atom stereocenters. The van der Waals surface area contributed by atoms with Crippen LogP contribution in [0.2, 0.25) is 0 Å². The molecular weight excluding hydrogens is 231 g/mol. The van der Waals surface area contributed by atoms with Gasteiger partial charge in [0.05, 0.1) is 0 Å². The molecule has 6 heteroatoms. The van der Waals surface area contributed by atoms with E-state index in [1.54, 1.807) is 0 Å². The molecule has 96 valence electrons. The smallest absolute Gasteiger partial charge is 0.367 e. The summed E-state index contributed by atoms with van der Waals surface area (Å²) in [5.74, 6) is 0.236. The number of rotatable bonds is 5. The molecule has 1 aromatic heterocycles. The highest BCUT2D eigenvalue weighted by molar-refractivity contribution is 5.37. The van der Waals surface area contributed by atoms with E-state index in [0.29, 0.717) is 13.0 Å². The molecule has 0 spiro atoms. The van der Waals surface area contributed by atoms with Crippen molar-refractivity contribution in [3.8, 4) is 0 Å². The summed E-state index contributed by atoms with van der Waals surface area (Å²) in [6.07, 6.45) is -2.92. The van der Waals surface area contributed by atoms with Gasteiger partial charge in [-0.05, 0) is 31.5 Å². The maximum absolute atomic E-state index is 12.4. The molecule has 0 radical (unpaired) electrons. The van der Waals surface area contributed by atoms with Gasteiger partial charge >= 0.3 is 6.18 Å². The van der Waals surface area contributed by atoms with Gasteiger partial charge in [-0.25, -0.2) is 4.98 Å². The Morgan fingerprint density at radius 3 is 2.65 bits per heavy atom. The highest BCUT2D eigenvalue weighted by Gasteiger charge is 2.32. The average Bonchev–Trinajstić information content (AvgIpc) is 2.28. The van der Waals surface area contributed by atoms with E-state index in [1.165, 1.54) is 12.1 Å². The minimum absolute atomic E-state index is 0.0518. The quantitative estimate of drug-likeness (QED) is 0.841. The molecule has 0 saturated heterocycles. The van der Waals surface area contributed by atoms with E-state index in [4.69, 9.17) is 5.73 Å². The van der Waals surface area contributed by atoms with Crippen LogP contribution in [0.1, 0.15) is 25.5 Å². The minimum atomic E-state index is -4.41. The number of hydrogen-bond donors (Lipinski definition) is 2. The molecule has 3 N–H and O–H groups in total. The van der Waals surface area contributed by atoms with Gasteiger partial charge in [0.1, 0.15) is 11.5 Å². The Morgan fingerprint density at radius 2 is 2.12 bits per heavy atom. The Kier molecular flexibility index (Phi) is 4.74. The monoisotopic (exact) mass is 247 g/mol. The van der Waals surface area contributed by atoms with Crippen LogP contribution in [0.15, 0.2) is 18.2 Å². The van der Waals surface area contributed by atoms with E-state index < -0.39 is 11.9 Å². The predicted octanol–water partition coefficient (Wildman–Crippen LogP) is 2.64. The Bertz CT molecular complexity index is 352. The first-order chi connectivity index (χ1) is 7.97. The molecule has 0 aliphatic rings. The van der Waals surface area contributed by atoms with Gasteiger partial charge in [0, 0.05) is 6.04 Å². The predicted molar refractivity (Wildman–Crippen MR) is 60.6 cm³/mol. The number of halogens is 3. The van der Waals surface area contributed by atoms with Crippen molar-refractivity contribution in [2.24, 2.45) is 5.73 Å². The average molecular weight is 247 g/mol. The SMILES string of the molecule is CCC(CCN)Nc1cccc(C(F)(F)F)n1. The van der Waals surface area contributed by atoms with E-state index >= 15 is 0 Å². The summed E-state index contributed by atoms with van der Waals surface area (Å²) in [6, 6.07) is 3.87. The lowest BCUT2D eigenvalue weighted by molar-refractivity contribution is -0.141. The summed E-state index contributed by atoms with van der Waals surface area (Å²) < 4.78 is 37.3. The molecule has 0 amide bonds. The molecule has 3 nitrogen and oxygen atoms in total. The third-order valence-corrected chi connectivity index (χ3v) is 2.40. The fraction of sp³-hybridized carbons (Fsp3) is 0.545. The van der Waals surface area contributed by atoms with Gasteiger partial charge < -0.3 is 11.1 Å². The molecule has 0 aliphatic carbocycles. The zero-order chi connectivity index (χ0) is 12.9. The van der Waals surface area contributed by atoms with Crippen LogP contribution in [-0.4, -0.2) is 17.6 Å². The zero-order valence-corrected chi connectivity index (χ0v) is 9.59. The molecule has 0 saturated carbocycles. The Labute approximate surface area is 98.2 Å². The second-order valence-electron chi connectivity index (χ2n) is 3.73. The van der Waals surface area contributed by atoms with Crippen LogP contribution >= 0.6 is 0 Å². The van der Waals surface area contributed by atoms with Crippen LogP contribution < -0.4 is 11.1 Å². The van der Waals surface area contributed by atoms with Gasteiger partial charge in [0.2, 0.25) is 0 Å². The lowest BCUT2D eigenvalue weighted by Gasteiger charge is -2.17. The molecule has 0 bridgehead atoms. The maximum Gasteiger partial charge on any atom is 0.433 e. The van der Waals surface area contributed by atoms with Crippen molar-refractivity contribution in [2.45, 2.75) is 32.0 Å². The van der Waals surface area contributed by atoms with Crippen molar-refractivity contribution in [3.63, 3.8) is 0 Å². The molecule has 1 rings (SSSR count). The lowest BCUT2D eigenvalue weighted by atomic mass is 10.1. The van der Waals surface area contributed by atoms with Crippen molar-refractivity contribution in [3.05, 3.63) is 23.9 Å². The summed E-state index contributed by atoms with van der Waals surface area (Å²) >= 11 is 0. The van der Waals surface area contributed by atoms with Gasteiger partial charge in [0.25, 0.3) is 0 Å². The van der Waals surface area contributed by atoms with E-state index in [-0.39, 0.29) is 11.9 Å². The number of aromatic nitrogens is 1. The third-order valence-electron chi connectivity index (χ3n) is 2.40. The molecule has 17 heavy (non-hydrogen) atoms. The summed E-state index contributed by atoms with van der Waals surface area (Å²) in [5, 5.41) is 2.95. The van der Waals surface area contributed by atoms with Crippen molar-refractivity contribution in [2.75, 3.05) is 11.9 Å². The first kappa shape index (κ1) is 13.8. The maximum atomic E-state index is 12.4. The molecule has 0 fully saturated rings. The number of nitrogens with two attached hydrogens (primary N) is 1. The number of anilines is 1. The number of hydrogen-bond acceptors (Lipinski definition) is 3. The summed E-state index contributed by atoms with van der Waals surface area (Å²) in [7, 11) is 0. The summed E-state index contributed by atoms with van der Waals surface area (Å²) in [5.41, 5.74) is 4.53. The normalized spacial score (nSPS) is 13.5. The first-order valence-corrected chi connectivity index (χ1v) is 5.48. The Balaban J connectivity index is 2.78. The van der Waals surface area contributed by atoms with Crippen LogP contribution in [0.25, 0.3) is 0 Å². The van der Waals surface area contributed by atoms with Gasteiger partial charge in [-0.15, -0.1) is 0 Å². The molecule has 0 aromatic carbocycles. The molecule has 1 heterocycles. The second kappa shape index (κ2) is 5.86. The van der Waals surface area contributed by atoms with Crippen molar-refractivity contribution >= 4 is 5.82 Å². The summed E-state index contributed by atoms with van der Waals surface area (Å²) in [6.45, 7) is 2.44. The topological polar surface area (TPSA) is 50.9 Å². The van der Waals surface area contributed by atoms with Crippen LogP contribution in [0.5, 0.6) is 0 Å². The highest BCUT2D eigenvalue weighted by Crippen LogP contribution is 2.28. The van der Waals surface area contributed by atoms with E-state index in [9.17, 15) is 13.2 Å². The highest BCUT2D eigenvalue weighted by atomic mass is 19.4. The van der Waals surface area contributed by atoms with E-state index in [2.05, 4.69) is 10.3 Å². The number of pyridine rings is 1. The number of nitrogens with zero attached hydrogens (tertiary/aromatic N) is 1. The van der Waals surface area contributed by atoms with Crippen LogP contribution in [-0.2, 0) is 6.18 Å². The fourth-order valence-corrected chi connectivity index (χ4v) is 1.46. The standard InChI is InChI=1S/C11H16F3N3/c1-2-8(6-7-15)16-10-5-3-4-9(17-10)11(12,13)14/h3-5,8H,2,6-7,15H2,1H3,(H,16,17). The Hall–Kier alpha value is -1.30. The van der Waals surface area contributed by atoms with Gasteiger partial charge in [-0.2, -0.15) is 13.2 Å². The fourth-order valence-electron chi connectivity index (χ4n) is 1.46. The number of nitrogens with one attached hydrogen (secondary N) is 1. The van der Waals surface area contributed by atoms with Crippen molar-refractivity contribution in [1.29, 1.82) is 0 Å². The van der Waals surface area contributed by atoms with Crippen molar-refractivity contribution < 1.29 is 13.2 Å². The van der Waals surface area contributed by atoms with Crippen LogP contribution in [0.4, 0.5) is 19.0 Å². The number of alkyl halides is 3. The largest absolute Gasteiger partial charge is 0.433 e. The molecule has 0 aliphatic heterocycles. The molecule has 1 atom stereocenters. The molecular formula is C11H16F3N3. The zero-order valence-electron chi connectivity index (χ0n) is 9.59. The second-order valence-corrected chi connectivity index (χ2v) is 3.73. The van der Waals surface area contributed by atoms with Crippen LogP contribution in [0, 0.1) is 0 Å². The van der Waals surface area contributed by atoms with Gasteiger partial charge in [-0.1, -0.05) is 13.0 Å². The van der Waals surface area contributed by atoms with Gasteiger partial charge in [0.15, 0.2) is 0 Å². The van der Waals surface area contributed by atoms with E-state index in [0.717, 1.165) is 12.5 Å².